The van der Waals surface area contributed by atoms with E-state index >= 15 is 0 Å². The van der Waals surface area contributed by atoms with Gasteiger partial charge in [-0.05, 0) is 37.7 Å². The molecule has 1 fully saturated rings. The Balaban J connectivity index is 1.91. The van der Waals surface area contributed by atoms with E-state index in [1.165, 1.54) is 0 Å². The number of hydrogen-bond donors (Lipinski definition) is 2. The Kier molecular flexibility index (Phi) is 5.80. The fourth-order valence-electron chi connectivity index (χ4n) is 2.57. The average Bonchev–Trinajstić information content (AvgIpc) is 2.88. The average molecular weight is 324 g/mol. The molecule has 0 aromatic heterocycles. The van der Waals surface area contributed by atoms with Crippen molar-refractivity contribution in [2.45, 2.75) is 26.3 Å². The highest BCUT2D eigenvalue weighted by molar-refractivity contribution is 6.30. The van der Waals surface area contributed by atoms with E-state index in [1.54, 1.807) is 29.2 Å². The summed E-state index contributed by atoms with van der Waals surface area (Å²) in [5.41, 5.74) is 0.783. The van der Waals surface area contributed by atoms with Gasteiger partial charge in [-0.15, -0.1) is 0 Å². The summed E-state index contributed by atoms with van der Waals surface area (Å²) in [7, 11) is 0. The molecular weight excluding hydrogens is 302 g/mol. The number of anilines is 1. The summed E-state index contributed by atoms with van der Waals surface area (Å²) < 4.78 is 0. The molecular formula is C16H22ClN3O2. The van der Waals surface area contributed by atoms with Crippen molar-refractivity contribution in [2.24, 2.45) is 5.92 Å². The first-order valence-electron chi connectivity index (χ1n) is 7.58. The maximum Gasteiger partial charge on any atom is 0.227 e. The minimum Gasteiger partial charge on any atom is -0.354 e. The van der Waals surface area contributed by atoms with E-state index < -0.39 is 0 Å². The number of hydrogen-bond acceptors (Lipinski definition) is 3. The minimum atomic E-state index is -0.294. The first-order chi connectivity index (χ1) is 10.5. The van der Waals surface area contributed by atoms with Crippen molar-refractivity contribution in [3.05, 3.63) is 29.3 Å². The van der Waals surface area contributed by atoms with Crippen molar-refractivity contribution in [1.82, 2.24) is 10.6 Å². The second-order valence-corrected chi connectivity index (χ2v) is 6.02. The molecule has 1 saturated heterocycles. The Morgan fingerprint density at radius 2 is 2.09 bits per heavy atom. The Bertz CT molecular complexity index is 533. The molecule has 2 N–H and O–H groups in total. The van der Waals surface area contributed by atoms with Crippen molar-refractivity contribution in [2.75, 3.05) is 24.5 Å². The molecule has 1 aliphatic rings. The number of nitrogens with one attached hydrogen (secondary N) is 2. The zero-order valence-corrected chi connectivity index (χ0v) is 13.7. The molecule has 6 heteroatoms. The summed E-state index contributed by atoms with van der Waals surface area (Å²) in [6.07, 6.45) is 0.254. The van der Waals surface area contributed by atoms with E-state index in [-0.39, 0.29) is 30.2 Å². The summed E-state index contributed by atoms with van der Waals surface area (Å²) in [5, 5.41) is 6.77. The number of amides is 2. The van der Waals surface area contributed by atoms with Gasteiger partial charge in [0, 0.05) is 36.3 Å². The third-order valence-electron chi connectivity index (χ3n) is 3.77. The number of nitrogens with zero attached hydrogens (tertiary/aromatic N) is 1. The quantitative estimate of drug-likeness (QED) is 0.839. The van der Waals surface area contributed by atoms with Gasteiger partial charge in [-0.1, -0.05) is 18.5 Å². The molecule has 1 heterocycles. The van der Waals surface area contributed by atoms with Gasteiger partial charge < -0.3 is 15.5 Å². The Labute approximate surface area is 136 Å². The van der Waals surface area contributed by atoms with E-state index in [0.29, 0.717) is 18.1 Å². The Morgan fingerprint density at radius 3 is 2.73 bits per heavy atom. The number of benzene rings is 1. The number of rotatable bonds is 6. The SMILES string of the molecule is CCN[C@H](C)CNC(=O)C1CC(=O)N(c2ccc(Cl)cc2)C1. The van der Waals surface area contributed by atoms with Crippen LogP contribution in [0.4, 0.5) is 5.69 Å². The second-order valence-electron chi connectivity index (χ2n) is 5.59. The molecule has 0 saturated carbocycles. The smallest absolute Gasteiger partial charge is 0.227 e. The van der Waals surface area contributed by atoms with E-state index in [0.717, 1.165) is 12.2 Å². The fourth-order valence-corrected chi connectivity index (χ4v) is 2.70. The zero-order valence-electron chi connectivity index (χ0n) is 12.9. The third-order valence-corrected chi connectivity index (χ3v) is 4.02. The summed E-state index contributed by atoms with van der Waals surface area (Å²) >= 11 is 5.86. The first-order valence-corrected chi connectivity index (χ1v) is 7.96. The van der Waals surface area contributed by atoms with Gasteiger partial charge in [0.2, 0.25) is 11.8 Å². The first kappa shape index (κ1) is 16.8. The van der Waals surface area contributed by atoms with Gasteiger partial charge >= 0.3 is 0 Å². The van der Waals surface area contributed by atoms with Gasteiger partial charge in [0.15, 0.2) is 0 Å². The Morgan fingerprint density at radius 1 is 1.41 bits per heavy atom. The molecule has 1 aromatic carbocycles. The lowest BCUT2D eigenvalue weighted by atomic mass is 10.1. The standard InChI is InChI=1S/C16H22ClN3O2/c1-3-18-11(2)9-19-16(22)12-8-15(21)20(10-12)14-6-4-13(17)5-7-14/h4-7,11-12,18H,3,8-10H2,1-2H3,(H,19,22)/t11-,12?/m1/s1. The van der Waals surface area contributed by atoms with Crippen LogP contribution in [-0.4, -0.2) is 37.5 Å². The fraction of sp³-hybridized carbons (Fsp3) is 0.500. The largest absolute Gasteiger partial charge is 0.354 e. The molecule has 0 bridgehead atoms. The number of halogens is 1. The van der Waals surface area contributed by atoms with Crippen LogP contribution in [0, 0.1) is 5.92 Å². The summed E-state index contributed by atoms with van der Waals surface area (Å²) in [5.74, 6) is -0.381. The summed E-state index contributed by atoms with van der Waals surface area (Å²) in [6.45, 7) is 5.89. The highest BCUT2D eigenvalue weighted by Crippen LogP contribution is 2.26. The van der Waals surface area contributed by atoms with Crippen molar-refractivity contribution in [3.8, 4) is 0 Å². The van der Waals surface area contributed by atoms with Gasteiger partial charge in [0.05, 0.1) is 5.92 Å². The predicted molar refractivity (Wildman–Crippen MR) is 88.1 cm³/mol. The third kappa shape index (κ3) is 4.21. The molecule has 2 rings (SSSR count). The molecule has 5 nitrogen and oxygen atoms in total. The number of carbonyl (C=O) groups excluding carboxylic acids is 2. The number of carbonyl (C=O) groups is 2. The van der Waals surface area contributed by atoms with E-state index in [4.69, 9.17) is 11.6 Å². The van der Waals surface area contributed by atoms with Crippen LogP contribution in [0.3, 0.4) is 0 Å². The minimum absolute atomic E-state index is 0.0257. The van der Waals surface area contributed by atoms with Crippen LogP contribution in [-0.2, 0) is 9.59 Å². The molecule has 0 spiro atoms. The predicted octanol–water partition coefficient (Wildman–Crippen LogP) is 1.81. The van der Waals surface area contributed by atoms with E-state index in [9.17, 15) is 9.59 Å². The van der Waals surface area contributed by atoms with Gasteiger partial charge in [0.1, 0.15) is 0 Å². The van der Waals surface area contributed by atoms with Gasteiger partial charge in [0.25, 0.3) is 0 Å². The highest BCUT2D eigenvalue weighted by Gasteiger charge is 2.35. The molecule has 0 radical (unpaired) electrons. The lowest BCUT2D eigenvalue weighted by molar-refractivity contribution is -0.126. The van der Waals surface area contributed by atoms with Crippen LogP contribution in [0.25, 0.3) is 0 Å². The van der Waals surface area contributed by atoms with Crippen LogP contribution in [0.15, 0.2) is 24.3 Å². The normalized spacial score (nSPS) is 19.3. The van der Waals surface area contributed by atoms with Gasteiger partial charge in [-0.25, -0.2) is 0 Å². The topological polar surface area (TPSA) is 61.4 Å². The lowest BCUT2D eigenvalue weighted by Crippen LogP contribution is -2.41. The van der Waals surface area contributed by atoms with Gasteiger partial charge in [-0.3, -0.25) is 9.59 Å². The zero-order chi connectivity index (χ0) is 16.1. The van der Waals surface area contributed by atoms with Crippen molar-refractivity contribution >= 4 is 29.1 Å². The lowest BCUT2D eigenvalue weighted by Gasteiger charge is -2.18. The van der Waals surface area contributed by atoms with Crippen LogP contribution in [0.5, 0.6) is 0 Å². The van der Waals surface area contributed by atoms with Crippen LogP contribution in [0.1, 0.15) is 20.3 Å². The number of likely N-dealkylation sites (N-methyl/N-ethyl adjacent to an activating group) is 1. The Hall–Kier alpha value is -1.59. The molecule has 2 atom stereocenters. The molecule has 0 aliphatic carbocycles. The maximum absolute atomic E-state index is 12.2. The summed E-state index contributed by atoms with van der Waals surface area (Å²) in [4.78, 5) is 26.0. The molecule has 1 aromatic rings. The summed E-state index contributed by atoms with van der Waals surface area (Å²) in [6, 6.07) is 7.31. The molecule has 2 amide bonds. The molecule has 120 valence electrons. The van der Waals surface area contributed by atoms with E-state index in [1.807, 2.05) is 13.8 Å². The molecule has 22 heavy (non-hydrogen) atoms. The molecule has 1 aliphatic heterocycles. The van der Waals surface area contributed by atoms with Crippen LogP contribution < -0.4 is 15.5 Å². The van der Waals surface area contributed by atoms with Crippen LogP contribution in [0.2, 0.25) is 5.02 Å². The maximum atomic E-state index is 12.2. The van der Waals surface area contributed by atoms with Crippen molar-refractivity contribution < 1.29 is 9.59 Å². The van der Waals surface area contributed by atoms with Crippen molar-refractivity contribution in [3.63, 3.8) is 0 Å². The van der Waals surface area contributed by atoms with Crippen LogP contribution >= 0.6 is 11.6 Å². The van der Waals surface area contributed by atoms with E-state index in [2.05, 4.69) is 10.6 Å². The van der Waals surface area contributed by atoms with Gasteiger partial charge in [-0.2, -0.15) is 0 Å². The molecule has 1 unspecified atom stereocenters. The monoisotopic (exact) mass is 323 g/mol. The van der Waals surface area contributed by atoms with Crippen molar-refractivity contribution in [1.29, 1.82) is 0 Å². The highest BCUT2D eigenvalue weighted by atomic mass is 35.5. The second kappa shape index (κ2) is 7.61.